The molecule has 0 heterocycles. The Bertz CT molecular complexity index is 531. The molecule has 2 aromatic rings. The van der Waals surface area contributed by atoms with E-state index in [1.54, 1.807) is 0 Å². The van der Waals surface area contributed by atoms with E-state index in [9.17, 15) is 0 Å². The van der Waals surface area contributed by atoms with Gasteiger partial charge < -0.3 is 5.32 Å². The van der Waals surface area contributed by atoms with E-state index in [0.29, 0.717) is 6.04 Å². The zero-order valence-electron chi connectivity index (χ0n) is 12.8. The molecule has 0 saturated heterocycles. The van der Waals surface area contributed by atoms with E-state index in [1.165, 1.54) is 41.6 Å². The molecule has 1 N–H and O–H groups in total. The van der Waals surface area contributed by atoms with Gasteiger partial charge in [-0.2, -0.15) is 0 Å². The minimum Gasteiger partial charge on any atom is -0.378 e. The van der Waals surface area contributed by atoms with Gasteiger partial charge in [0, 0.05) is 5.69 Å². The van der Waals surface area contributed by atoms with E-state index in [1.807, 2.05) is 0 Å². The van der Waals surface area contributed by atoms with Crippen LogP contribution in [0.15, 0.2) is 48.5 Å². The maximum absolute atomic E-state index is 3.74. The van der Waals surface area contributed by atoms with Crippen molar-refractivity contribution in [3.8, 4) is 0 Å². The summed E-state index contributed by atoms with van der Waals surface area (Å²) in [4.78, 5) is 0. The lowest BCUT2D eigenvalue weighted by Gasteiger charge is -2.22. The molecule has 0 fully saturated rings. The smallest absolute Gasteiger partial charge is 0.0513 e. The molecule has 0 aliphatic carbocycles. The standard InChI is InChI=1S/C19H25N/c1-4-5-11-18(17-9-7-6-8-10-17)20-19-14-15(2)12-13-16(19)3/h6-10,12-14,18,20H,4-5,11H2,1-3H3. The molecule has 1 heteroatoms. The second kappa shape index (κ2) is 7.14. The monoisotopic (exact) mass is 267 g/mol. The number of benzene rings is 2. The Balaban J connectivity index is 2.21. The largest absolute Gasteiger partial charge is 0.378 e. The summed E-state index contributed by atoms with van der Waals surface area (Å²) in [6.07, 6.45) is 3.66. The quantitative estimate of drug-likeness (QED) is 0.713. The third-order valence-corrected chi connectivity index (χ3v) is 3.77. The SMILES string of the molecule is CCCCC(Nc1cc(C)ccc1C)c1ccccc1. The van der Waals surface area contributed by atoms with Gasteiger partial charge in [0.1, 0.15) is 0 Å². The van der Waals surface area contributed by atoms with Crippen LogP contribution >= 0.6 is 0 Å². The molecule has 2 rings (SSSR count). The maximum atomic E-state index is 3.74. The molecule has 0 aliphatic heterocycles. The fourth-order valence-corrected chi connectivity index (χ4v) is 2.49. The van der Waals surface area contributed by atoms with Crippen molar-refractivity contribution in [2.24, 2.45) is 0 Å². The topological polar surface area (TPSA) is 12.0 Å². The summed E-state index contributed by atoms with van der Waals surface area (Å²) in [5.41, 5.74) is 5.25. The van der Waals surface area contributed by atoms with Crippen LogP contribution in [-0.4, -0.2) is 0 Å². The highest BCUT2D eigenvalue weighted by molar-refractivity contribution is 5.54. The number of unbranched alkanes of at least 4 members (excludes halogenated alkanes) is 1. The lowest BCUT2D eigenvalue weighted by atomic mass is 10.00. The van der Waals surface area contributed by atoms with Gasteiger partial charge in [-0.1, -0.05) is 62.2 Å². The summed E-state index contributed by atoms with van der Waals surface area (Å²) in [6, 6.07) is 17.8. The highest BCUT2D eigenvalue weighted by Gasteiger charge is 2.11. The van der Waals surface area contributed by atoms with Crippen molar-refractivity contribution in [1.82, 2.24) is 0 Å². The summed E-state index contributed by atoms with van der Waals surface area (Å²) in [6.45, 7) is 6.57. The predicted octanol–water partition coefficient (Wildman–Crippen LogP) is 5.65. The average Bonchev–Trinajstić information content (AvgIpc) is 2.48. The predicted molar refractivity (Wildman–Crippen MR) is 88.2 cm³/mol. The summed E-state index contributed by atoms with van der Waals surface area (Å²) < 4.78 is 0. The molecule has 0 aromatic heterocycles. The third-order valence-electron chi connectivity index (χ3n) is 3.77. The van der Waals surface area contributed by atoms with Crippen LogP contribution in [0.25, 0.3) is 0 Å². The van der Waals surface area contributed by atoms with Crippen molar-refractivity contribution in [3.63, 3.8) is 0 Å². The van der Waals surface area contributed by atoms with Gasteiger partial charge in [-0.3, -0.25) is 0 Å². The van der Waals surface area contributed by atoms with E-state index in [4.69, 9.17) is 0 Å². The van der Waals surface area contributed by atoms with Crippen molar-refractivity contribution >= 4 is 5.69 Å². The van der Waals surface area contributed by atoms with Gasteiger partial charge in [0.2, 0.25) is 0 Å². The summed E-state index contributed by atoms with van der Waals surface area (Å²) in [7, 11) is 0. The van der Waals surface area contributed by atoms with Gasteiger partial charge in [0.25, 0.3) is 0 Å². The van der Waals surface area contributed by atoms with Crippen LogP contribution in [0.5, 0.6) is 0 Å². The molecule has 0 saturated carbocycles. The first kappa shape index (κ1) is 14.6. The van der Waals surface area contributed by atoms with Gasteiger partial charge in [-0.15, -0.1) is 0 Å². The van der Waals surface area contributed by atoms with Crippen molar-refractivity contribution in [2.45, 2.75) is 46.1 Å². The number of aryl methyl sites for hydroxylation is 2. The zero-order valence-corrected chi connectivity index (χ0v) is 12.8. The Morgan fingerprint density at radius 1 is 1.00 bits per heavy atom. The van der Waals surface area contributed by atoms with Gasteiger partial charge in [0.05, 0.1) is 6.04 Å². The lowest BCUT2D eigenvalue weighted by molar-refractivity contribution is 0.634. The van der Waals surface area contributed by atoms with Crippen LogP contribution in [0.3, 0.4) is 0 Å². The van der Waals surface area contributed by atoms with Crippen molar-refractivity contribution in [2.75, 3.05) is 5.32 Å². The zero-order chi connectivity index (χ0) is 14.4. The number of nitrogens with one attached hydrogen (secondary N) is 1. The number of hydrogen-bond donors (Lipinski definition) is 1. The maximum Gasteiger partial charge on any atom is 0.0513 e. The molecule has 1 nitrogen and oxygen atoms in total. The van der Waals surface area contributed by atoms with Crippen molar-refractivity contribution in [1.29, 1.82) is 0 Å². The van der Waals surface area contributed by atoms with Gasteiger partial charge in [-0.25, -0.2) is 0 Å². The van der Waals surface area contributed by atoms with E-state index >= 15 is 0 Å². The van der Waals surface area contributed by atoms with Crippen LogP contribution in [0, 0.1) is 13.8 Å². The van der Waals surface area contributed by atoms with Crippen molar-refractivity contribution < 1.29 is 0 Å². The van der Waals surface area contributed by atoms with E-state index in [0.717, 1.165) is 0 Å². The Labute approximate surface area is 123 Å². The van der Waals surface area contributed by atoms with Gasteiger partial charge >= 0.3 is 0 Å². The van der Waals surface area contributed by atoms with Crippen LogP contribution < -0.4 is 5.32 Å². The van der Waals surface area contributed by atoms with Crippen LogP contribution in [-0.2, 0) is 0 Å². The van der Waals surface area contributed by atoms with Crippen LogP contribution in [0.2, 0.25) is 0 Å². The van der Waals surface area contributed by atoms with Gasteiger partial charge in [0.15, 0.2) is 0 Å². The summed E-state index contributed by atoms with van der Waals surface area (Å²) in [5, 5.41) is 3.74. The number of rotatable bonds is 6. The van der Waals surface area contributed by atoms with E-state index in [2.05, 4.69) is 74.6 Å². The Hall–Kier alpha value is -1.76. The first-order valence-corrected chi connectivity index (χ1v) is 7.59. The highest BCUT2D eigenvalue weighted by atomic mass is 14.9. The molecule has 106 valence electrons. The Kier molecular flexibility index (Phi) is 5.23. The van der Waals surface area contributed by atoms with Crippen molar-refractivity contribution in [3.05, 3.63) is 65.2 Å². The van der Waals surface area contributed by atoms with Crippen LogP contribution in [0.4, 0.5) is 5.69 Å². The fourth-order valence-electron chi connectivity index (χ4n) is 2.49. The average molecular weight is 267 g/mol. The molecule has 0 bridgehead atoms. The second-order valence-electron chi connectivity index (χ2n) is 5.57. The minimum absolute atomic E-state index is 0.400. The number of hydrogen-bond acceptors (Lipinski definition) is 1. The molecule has 1 atom stereocenters. The highest BCUT2D eigenvalue weighted by Crippen LogP contribution is 2.27. The number of anilines is 1. The summed E-state index contributed by atoms with van der Waals surface area (Å²) in [5.74, 6) is 0. The first-order chi connectivity index (χ1) is 9.70. The molecular weight excluding hydrogens is 242 g/mol. The molecular formula is C19H25N. The first-order valence-electron chi connectivity index (χ1n) is 7.59. The molecule has 1 unspecified atom stereocenters. The molecule has 0 aliphatic rings. The minimum atomic E-state index is 0.400. The normalized spacial score (nSPS) is 12.2. The van der Waals surface area contributed by atoms with Crippen LogP contribution in [0.1, 0.15) is 48.9 Å². The van der Waals surface area contributed by atoms with Gasteiger partial charge in [-0.05, 0) is 43.0 Å². The molecule has 20 heavy (non-hydrogen) atoms. The molecule has 0 radical (unpaired) electrons. The van der Waals surface area contributed by atoms with E-state index in [-0.39, 0.29) is 0 Å². The summed E-state index contributed by atoms with van der Waals surface area (Å²) >= 11 is 0. The second-order valence-corrected chi connectivity index (χ2v) is 5.57. The molecule has 2 aromatic carbocycles. The Morgan fingerprint density at radius 3 is 2.45 bits per heavy atom. The van der Waals surface area contributed by atoms with E-state index < -0.39 is 0 Å². The third kappa shape index (κ3) is 3.86. The Morgan fingerprint density at radius 2 is 1.75 bits per heavy atom. The molecule has 0 spiro atoms. The fraction of sp³-hybridized carbons (Fsp3) is 0.368. The lowest BCUT2D eigenvalue weighted by Crippen LogP contribution is -2.11. The molecule has 0 amide bonds.